The van der Waals surface area contributed by atoms with Gasteiger partial charge in [-0.25, -0.2) is 0 Å². The van der Waals surface area contributed by atoms with Crippen LogP contribution in [0.15, 0.2) is 0 Å². The van der Waals surface area contributed by atoms with Crippen molar-refractivity contribution in [2.24, 2.45) is 0 Å². The Morgan fingerprint density at radius 1 is 1.05 bits per heavy atom. The average Bonchev–Trinajstić information content (AvgIpc) is 2.48. The molecule has 1 aliphatic carbocycles. The van der Waals surface area contributed by atoms with E-state index in [1.807, 2.05) is 0 Å². The Morgan fingerprint density at radius 3 is 2.41 bits per heavy atom. The second kappa shape index (κ2) is 11.4. The molecule has 1 atom stereocenters. The lowest BCUT2D eigenvalue weighted by Gasteiger charge is -2.21. The minimum atomic E-state index is -0.354. The van der Waals surface area contributed by atoms with E-state index >= 15 is 0 Å². The van der Waals surface area contributed by atoms with Gasteiger partial charge in [-0.05, 0) is 19.3 Å². The molecule has 0 saturated heterocycles. The maximum Gasteiger partial charge on any atom is 0.228 e. The van der Waals surface area contributed by atoms with E-state index in [1.54, 1.807) is 0 Å². The molecule has 1 fully saturated rings. The summed E-state index contributed by atoms with van der Waals surface area (Å²) in [6, 6.07) is -0.354. The van der Waals surface area contributed by atoms with Gasteiger partial charge in [0.25, 0.3) is 0 Å². The summed E-state index contributed by atoms with van der Waals surface area (Å²) in [5.41, 5.74) is 0. The number of nitrogens with one attached hydrogen (secondary N) is 1. The Kier molecular flexibility index (Phi) is 9.76. The van der Waals surface area contributed by atoms with Crippen LogP contribution >= 0.6 is 0 Å². The number of ketones is 2. The van der Waals surface area contributed by atoms with Crippen molar-refractivity contribution in [1.29, 1.82) is 0 Å². The quantitative estimate of drug-likeness (QED) is 0.467. The number of rotatable bonds is 11. The summed E-state index contributed by atoms with van der Waals surface area (Å²) in [6.07, 6.45) is 11.8. The smallest absolute Gasteiger partial charge is 0.228 e. The normalized spacial score (nSPS) is 18.2. The second-order valence-corrected chi connectivity index (χ2v) is 6.42. The highest BCUT2D eigenvalue weighted by Crippen LogP contribution is 2.14. The molecule has 4 heteroatoms. The van der Waals surface area contributed by atoms with Gasteiger partial charge >= 0.3 is 0 Å². The van der Waals surface area contributed by atoms with E-state index in [9.17, 15) is 14.4 Å². The molecule has 0 radical (unpaired) electrons. The first kappa shape index (κ1) is 18.9. The second-order valence-electron chi connectivity index (χ2n) is 6.42. The molecule has 4 nitrogen and oxygen atoms in total. The number of unbranched alkanes of at least 4 members (excludes halogenated alkanes) is 6. The van der Waals surface area contributed by atoms with E-state index in [1.165, 1.54) is 32.1 Å². The van der Waals surface area contributed by atoms with Crippen molar-refractivity contribution >= 4 is 17.5 Å². The van der Waals surface area contributed by atoms with Crippen molar-refractivity contribution in [3.8, 4) is 0 Å². The molecule has 22 heavy (non-hydrogen) atoms. The lowest BCUT2D eigenvalue weighted by Crippen LogP contribution is -2.43. The van der Waals surface area contributed by atoms with Gasteiger partial charge in [0, 0.05) is 12.8 Å². The molecule has 0 aromatic heterocycles. The summed E-state index contributed by atoms with van der Waals surface area (Å²) in [4.78, 5) is 35.2. The number of carbonyl (C=O) groups excluding carboxylic acids is 3. The Labute approximate surface area is 134 Å². The molecule has 1 saturated carbocycles. The van der Waals surface area contributed by atoms with Gasteiger partial charge in [-0.15, -0.1) is 0 Å². The first-order chi connectivity index (χ1) is 10.6. The zero-order valence-corrected chi connectivity index (χ0v) is 14.0. The molecule has 126 valence electrons. The fraction of sp³-hybridized carbons (Fsp3) is 0.833. The molecule has 0 spiro atoms. The third kappa shape index (κ3) is 8.30. The van der Waals surface area contributed by atoms with Crippen molar-refractivity contribution in [3.05, 3.63) is 0 Å². The summed E-state index contributed by atoms with van der Waals surface area (Å²) in [6.45, 7) is 2.20. The van der Waals surface area contributed by atoms with Crippen molar-refractivity contribution < 1.29 is 14.4 Å². The zero-order chi connectivity index (χ0) is 16.2. The molecule has 1 rings (SSSR count). The highest BCUT2D eigenvalue weighted by atomic mass is 16.2. The van der Waals surface area contributed by atoms with Crippen LogP contribution in [0.4, 0.5) is 0 Å². The molecule has 0 heterocycles. The van der Waals surface area contributed by atoms with Crippen LogP contribution in [0.2, 0.25) is 0 Å². The summed E-state index contributed by atoms with van der Waals surface area (Å²) in [5.74, 6) is -0.179. The largest absolute Gasteiger partial charge is 0.346 e. The molecule has 0 bridgehead atoms. The van der Waals surface area contributed by atoms with Crippen LogP contribution in [0.25, 0.3) is 0 Å². The van der Waals surface area contributed by atoms with E-state index < -0.39 is 0 Å². The Hall–Kier alpha value is -1.19. The third-order valence-corrected chi connectivity index (χ3v) is 4.31. The van der Waals surface area contributed by atoms with Gasteiger partial charge in [0.2, 0.25) is 5.91 Å². The van der Waals surface area contributed by atoms with E-state index in [-0.39, 0.29) is 29.9 Å². The van der Waals surface area contributed by atoms with Crippen LogP contribution in [0.5, 0.6) is 0 Å². The van der Waals surface area contributed by atoms with E-state index in [4.69, 9.17) is 0 Å². The zero-order valence-electron chi connectivity index (χ0n) is 14.0. The van der Waals surface area contributed by atoms with Gasteiger partial charge in [-0.1, -0.05) is 51.9 Å². The predicted octanol–water partition coefficient (Wildman–Crippen LogP) is 3.71. The number of Topliss-reactive ketones (excluding diaryl/α,β-unsaturated/α-hetero) is 2. The first-order valence-electron chi connectivity index (χ1n) is 8.97. The molecule has 1 amide bonds. The molecule has 0 unspecified atom stereocenters. The van der Waals surface area contributed by atoms with Crippen molar-refractivity contribution in [2.45, 2.75) is 96.4 Å². The molecular weight excluding hydrogens is 278 g/mol. The average molecular weight is 309 g/mol. The van der Waals surface area contributed by atoms with Gasteiger partial charge in [0.05, 0.1) is 12.5 Å². The van der Waals surface area contributed by atoms with Gasteiger partial charge < -0.3 is 5.32 Å². The molecule has 0 aliphatic heterocycles. The summed E-state index contributed by atoms with van der Waals surface area (Å²) >= 11 is 0. The maximum absolute atomic E-state index is 11.8. The van der Waals surface area contributed by atoms with Gasteiger partial charge in [-0.2, -0.15) is 0 Å². The first-order valence-corrected chi connectivity index (χ1v) is 8.97. The Morgan fingerprint density at radius 2 is 1.73 bits per heavy atom. The Bertz CT molecular complexity index is 365. The van der Waals surface area contributed by atoms with Crippen LogP contribution in [0, 0.1) is 0 Å². The Balaban J connectivity index is 2.06. The summed E-state index contributed by atoms with van der Waals surface area (Å²) in [7, 11) is 0. The van der Waals surface area contributed by atoms with Crippen LogP contribution in [-0.4, -0.2) is 23.5 Å². The van der Waals surface area contributed by atoms with Crippen LogP contribution in [0.3, 0.4) is 0 Å². The van der Waals surface area contributed by atoms with Gasteiger partial charge in [-0.3, -0.25) is 14.4 Å². The molecular formula is C18H31NO3. The lowest BCUT2D eigenvalue weighted by molar-refractivity contribution is -0.132. The van der Waals surface area contributed by atoms with E-state index in [2.05, 4.69) is 12.2 Å². The van der Waals surface area contributed by atoms with Crippen LogP contribution in [-0.2, 0) is 14.4 Å². The standard InChI is InChI=1S/C18H31NO3/c1-2-3-4-5-6-7-8-11-15(20)14-18(22)19-16-12-9-10-13-17(16)21/h16H,2-14H2,1H3,(H,19,22)/t16-/m1/s1. The molecule has 0 aromatic rings. The number of amides is 1. The molecule has 0 aromatic carbocycles. The number of hydrogen-bond donors (Lipinski definition) is 1. The fourth-order valence-corrected chi connectivity index (χ4v) is 2.93. The monoisotopic (exact) mass is 309 g/mol. The van der Waals surface area contributed by atoms with Gasteiger partial charge in [0.15, 0.2) is 5.78 Å². The molecule has 1 aliphatic rings. The summed E-state index contributed by atoms with van der Waals surface area (Å²) < 4.78 is 0. The fourth-order valence-electron chi connectivity index (χ4n) is 2.93. The van der Waals surface area contributed by atoms with Crippen LogP contribution in [0.1, 0.15) is 90.4 Å². The summed E-state index contributed by atoms with van der Waals surface area (Å²) in [5, 5.41) is 2.71. The van der Waals surface area contributed by atoms with Crippen molar-refractivity contribution in [3.63, 3.8) is 0 Å². The highest BCUT2D eigenvalue weighted by molar-refractivity contribution is 5.99. The predicted molar refractivity (Wildman–Crippen MR) is 87.6 cm³/mol. The van der Waals surface area contributed by atoms with E-state index in [0.717, 1.165) is 32.1 Å². The third-order valence-electron chi connectivity index (χ3n) is 4.31. The molecule has 1 N–H and O–H groups in total. The SMILES string of the molecule is CCCCCCCCCC(=O)CC(=O)N[C@@H]1CCCCC1=O. The number of carbonyl (C=O) groups is 3. The van der Waals surface area contributed by atoms with Crippen LogP contribution < -0.4 is 5.32 Å². The topological polar surface area (TPSA) is 63.2 Å². The number of hydrogen-bond acceptors (Lipinski definition) is 3. The van der Waals surface area contributed by atoms with E-state index in [0.29, 0.717) is 12.8 Å². The van der Waals surface area contributed by atoms with Gasteiger partial charge in [0.1, 0.15) is 5.78 Å². The van der Waals surface area contributed by atoms with Crippen molar-refractivity contribution in [2.75, 3.05) is 0 Å². The minimum absolute atomic E-state index is 0.00526. The lowest BCUT2D eigenvalue weighted by atomic mass is 9.94. The maximum atomic E-state index is 11.8. The van der Waals surface area contributed by atoms with Crippen molar-refractivity contribution in [1.82, 2.24) is 5.32 Å². The highest BCUT2D eigenvalue weighted by Gasteiger charge is 2.24. The minimum Gasteiger partial charge on any atom is -0.346 e.